The molecule has 0 aliphatic carbocycles. The highest BCUT2D eigenvalue weighted by Crippen LogP contribution is 2.29. The number of hydrogen-bond donors (Lipinski definition) is 1. The number of rotatable bonds is 4. The van der Waals surface area contributed by atoms with Gasteiger partial charge in [0.2, 0.25) is 5.95 Å². The summed E-state index contributed by atoms with van der Waals surface area (Å²) in [4.78, 5) is 11.7. The quantitative estimate of drug-likeness (QED) is 0.938. The highest BCUT2D eigenvalue weighted by molar-refractivity contribution is 5.35. The van der Waals surface area contributed by atoms with E-state index in [4.69, 9.17) is 0 Å². The summed E-state index contributed by atoms with van der Waals surface area (Å²) >= 11 is 0. The van der Waals surface area contributed by atoms with E-state index in [1.165, 1.54) is 11.7 Å². The summed E-state index contributed by atoms with van der Waals surface area (Å²) in [7, 11) is 1.46. The highest BCUT2D eigenvalue weighted by Gasteiger charge is 2.34. The summed E-state index contributed by atoms with van der Waals surface area (Å²) < 4.78 is 40.0. The van der Waals surface area contributed by atoms with Crippen molar-refractivity contribution in [2.45, 2.75) is 32.9 Å². The van der Waals surface area contributed by atoms with Crippen LogP contribution >= 0.6 is 0 Å². The molecule has 2 aromatic rings. The van der Waals surface area contributed by atoms with Crippen molar-refractivity contribution in [2.75, 3.05) is 12.4 Å². The van der Waals surface area contributed by atoms with E-state index in [2.05, 4.69) is 25.4 Å². The Morgan fingerprint density at radius 2 is 1.86 bits per heavy atom. The van der Waals surface area contributed by atoms with Crippen molar-refractivity contribution in [3.05, 3.63) is 23.4 Å². The maximum atomic E-state index is 12.9. The van der Waals surface area contributed by atoms with Crippen molar-refractivity contribution < 1.29 is 13.2 Å². The number of nitrogens with zero attached hydrogens (tertiary/aromatic N) is 5. The number of anilines is 1. The van der Waals surface area contributed by atoms with Crippen LogP contribution in [0.4, 0.5) is 19.1 Å². The van der Waals surface area contributed by atoms with Crippen molar-refractivity contribution >= 4 is 5.95 Å². The molecule has 0 spiro atoms. The van der Waals surface area contributed by atoms with Gasteiger partial charge in [-0.3, -0.25) is 0 Å². The van der Waals surface area contributed by atoms with Crippen molar-refractivity contribution in [2.24, 2.45) is 0 Å². The normalized spacial score (nSPS) is 11.7. The predicted molar refractivity (Wildman–Crippen MR) is 70.3 cm³/mol. The lowest BCUT2D eigenvalue weighted by Crippen LogP contribution is -2.14. The zero-order valence-electron chi connectivity index (χ0n) is 11.9. The minimum absolute atomic E-state index is 0.0470. The van der Waals surface area contributed by atoms with Crippen LogP contribution < -0.4 is 5.32 Å². The third kappa shape index (κ3) is 3.11. The largest absolute Gasteiger partial charge is 0.433 e. The van der Waals surface area contributed by atoms with E-state index in [1.807, 2.05) is 13.8 Å². The van der Waals surface area contributed by atoms with E-state index < -0.39 is 11.9 Å². The zero-order valence-corrected chi connectivity index (χ0v) is 11.9. The molecule has 6 nitrogen and oxygen atoms in total. The first-order valence-electron chi connectivity index (χ1n) is 6.48. The molecular formula is C12H15F3N6. The summed E-state index contributed by atoms with van der Waals surface area (Å²) in [6.07, 6.45) is -3.42. The lowest BCUT2D eigenvalue weighted by Gasteiger charge is -2.10. The second-order valence-electron chi connectivity index (χ2n) is 4.25. The van der Waals surface area contributed by atoms with Crippen LogP contribution in [0.25, 0.3) is 5.82 Å². The van der Waals surface area contributed by atoms with Gasteiger partial charge in [-0.1, -0.05) is 13.8 Å². The van der Waals surface area contributed by atoms with Gasteiger partial charge in [-0.25, -0.2) is 9.97 Å². The molecule has 114 valence electrons. The zero-order chi connectivity index (χ0) is 15.6. The minimum atomic E-state index is -4.55. The molecular weight excluding hydrogens is 285 g/mol. The van der Waals surface area contributed by atoms with Crippen LogP contribution in [0.3, 0.4) is 0 Å². The number of aryl methyl sites for hydroxylation is 2. The number of halogens is 3. The smallest absolute Gasteiger partial charge is 0.357 e. The van der Waals surface area contributed by atoms with Gasteiger partial charge in [0.15, 0.2) is 17.3 Å². The van der Waals surface area contributed by atoms with Crippen LogP contribution in [0.1, 0.15) is 31.2 Å². The van der Waals surface area contributed by atoms with Crippen molar-refractivity contribution in [3.63, 3.8) is 0 Å². The molecule has 2 heterocycles. The molecule has 2 aromatic heterocycles. The van der Waals surface area contributed by atoms with Gasteiger partial charge >= 0.3 is 6.18 Å². The van der Waals surface area contributed by atoms with E-state index in [9.17, 15) is 13.2 Å². The van der Waals surface area contributed by atoms with Gasteiger partial charge in [-0.2, -0.15) is 22.8 Å². The summed E-state index contributed by atoms with van der Waals surface area (Å²) in [5.41, 5.74) is -1.02. The molecule has 0 saturated carbocycles. The number of hydrogen-bond acceptors (Lipinski definition) is 5. The van der Waals surface area contributed by atoms with Crippen molar-refractivity contribution in [1.82, 2.24) is 24.7 Å². The van der Waals surface area contributed by atoms with Crippen LogP contribution in [-0.2, 0) is 19.0 Å². The molecule has 0 amide bonds. The molecule has 0 unspecified atom stereocenters. The number of alkyl halides is 3. The lowest BCUT2D eigenvalue weighted by molar-refractivity contribution is -0.141. The fraction of sp³-hybridized carbons (Fsp3) is 0.500. The van der Waals surface area contributed by atoms with Gasteiger partial charge in [-0.15, -0.1) is 5.10 Å². The first kappa shape index (κ1) is 15.2. The second kappa shape index (κ2) is 5.66. The molecule has 9 heteroatoms. The Balaban J connectivity index is 2.60. The second-order valence-corrected chi connectivity index (χ2v) is 4.25. The number of nitrogens with one attached hydrogen (secondary N) is 1. The fourth-order valence-electron chi connectivity index (χ4n) is 1.75. The van der Waals surface area contributed by atoms with Crippen LogP contribution in [0.15, 0.2) is 6.07 Å². The fourth-order valence-corrected chi connectivity index (χ4v) is 1.75. The summed E-state index contributed by atoms with van der Waals surface area (Å²) in [5.74, 6) is 1.05. The average Bonchev–Trinajstić information content (AvgIpc) is 2.89. The Morgan fingerprint density at radius 3 is 2.38 bits per heavy atom. The molecule has 0 atom stereocenters. The van der Waals surface area contributed by atoms with Crippen LogP contribution in [0.5, 0.6) is 0 Å². The van der Waals surface area contributed by atoms with Crippen molar-refractivity contribution in [3.8, 4) is 5.82 Å². The molecule has 0 aliphatic rings. The Labute approximate surface area is 119 Å². The highest BCUT2D eigenvalue weighted by atomic mass is 19.4. The molecule has 0 saturated heterocycles. The topological polar surface area (TPSA) is 68.5 Å². The first-order chi connectivity index (χ1) is 9.88. The molecule has 0 bridgehead atoms. The van der Waals surface area contributed by atoms with Crippen LogP contribution in [0.2, 0.25) is 0 Å². The first-order valence-corrected chi connectivity index (χ1v) is 6.48. The Hall–Kier alpha value is -2.19. The lowest BCUT2D eigenvalue weighted by atomic mass is 10.3. The van der Waals surface area contributed by atoms with Crippen molar-refractivity contribution in [1.29, 1.82) is 0 Å². The van der Waals surface area contributed by atoms with Crippen LogP contribution in [0, 0.1) is 0 Å². The molecule has 0 radical (unpaired) electrons. The molecule has 1 N–H and O–H groups in total. The van der Waals surface area contributed by atoms with Gasteiger partial charge in [0.1, 0.15) is 5.82 Å². The summed E-state index contributed by atoms with van der Waals surface area (Å²) in [6.45, 7) is 3.73. The molecule has 0 fully saturated rings. The SMILES string of the molecule is CCc1nc(CC)n(-c2cc(C(F)(F)F)nc(NC)n2)n1. The average molecular weight is 300 g/mol. The summed E-state index contributed by atoms with van der Waals surface area (Å²) in [5, 5.41) is 6.71. The Bertz CT molecular complexity index is 634. The monoisotopic (exact) mass is 300 g/mol. The molecule has 0 aromatic carbocycles. The van der Waals surface area contributed by atoms with Gasteiger partial charge < -0.3 is 5.32 Å². The van der Waals surface area contributed by atoms with E-state index in [0.717, 1.165) is 6.07 Å². The predicted octanol–water partition coefficient (Wildman–Crippen LogP) is 2.24. The standard InChI is InChI=1S/C12H15F3N6/c1-4-8-18-9(5-2)21(20-8)10-6-7(12(13,14)15)17-11(16-3)19-10/h6H,4-5H2,1-3H3,(H,16,17,19). The maximum absolute atomic E-state index is 12.9. The third-order valence-corrected chi connectivity index (χ3v) is 2.79. The Morgan fingerprint density at radius 1 is 1.14 bits per heavy atom. The van der Waals surface area contributed by atoms with E-state index in [1.54, 1.807) is 0 Å². The van der Waals surface area contributed by atoms with Gasteiger partial charge in [0.05, 0.1) is 0 Å². The molecule has 21 heavy (non-hydrogen) atoms. The van der Waals surface area contributed by atoms with Crippen LogP contribution in [-0.4, -0.2) is 31.8 Å². The number of aromatic nitrogens is 5. The third-order valence-electron chi connectivity index (χ3n) is 2.79. The van der Waals surface area contributed by atoms with E-state index >= 15 is 0 Å². The van der Waals surface area contributed by atoms with E-state index in [-0.39, 0.29) is 11.8 Å². The summed E-state index contributed by atoms with van der Waals surface area (Å²) in [6, 6.07) is 0.869. The van der Waals surface area contributed by atoms with Gasteiger partial charge in [-0.05, 0) is 0 Å². The minimum Gasteiger partial charge on any atom is -0.357 e. The molecule has 0 aliphatic heterocycles. The van der Waals surface area contributed by atoms with E-state index in [0.29, 0.717) is 24.5 Å². The van der Waals surface area contributed by atoms with Gasteiger partial charge in [0.25, 0.3) is 0 Å². The van der Waals surface area contributed by atoms with Gasteiger partial charge in [0, 0.05) is 26.0 Å². The maximum Gasteiger partial charge on any atom is 0.433 e. The Kier molecular flexibility index (Phi) is 4.10. The molecule has 2 rings (SSSR count).